The van der Waals surface area contributed by atoms with Gasteiger partial charge in [-0.2, -0.15) is 11.8 Å². The van der Waals surface area contributed by atoms with Crippen LogP contribution in [0.3, 0.4) is 0 Å². The van der Waals surface area contributed by atoms with Crippen LogP contribution in [-0.2, 0) is 4.79 Å². The molecule has 1 amide bonds. The van der Waals surface area contributed by atoms with Gasteiger partial charge in [0.15, 0.2) is 0 Å². The van der Waals surface area contributed by atoms with Crippen LogP contribution in [0.1, 0.15) is 6.92 Å². The molecule has 0 aromatic rings. The number of nitrogens with one attached hydrogen (secondary N) is 1. The van der Waals surface area contributed by atoms with Gasteiger partial charge in [-0.3, -0.25) is 4.79 Å². The predicted molar refractivity (Wildman–Crippen MR) is 54.2 cm³/mol. The highest BCUT2D eigenvalue weighted by molar-refractivity contribution is 7.99. The molecule has 0 aliphatic carbocycles. The van der Waals surface area contributed by atoms with Gasteiger partial charge in [0.2, 0.25) is 5.91 Å². The highest BCUT2D eigenvalue weighted by Gasteiger charge is 2.04. The first-order chi connectivity index (χ1) is 5.68. The molecule has 0 rings (SSSR count). The predicted octanol–water partition coefficient (Wildman–Crippen LogP) is 0.369. The number of carbonyl (C=O) groups is 1. The topological polar surface area (TPSA) is 55.1 Å². The molecule has 1 atom stereocenters. The van der Waals surface area contributed by atoms with Crippen molar-refractivity contribution < 1.29 is 4.79 Å². The quantitative estimate of drug-likeness (QED) is 0.468. The number of hydrogen-bond acceptors (Lipinski definition) is 3. The number of thioether (sulfide) groups is 1. The zero-order valence-electron chi connectivity index (χ0n) is 7.38. The summed E-state index contributed by atoms with van der Waals surface area (Å²) in [6.45, 7) is 5.95. The van der Waals surface area contributed by atoms with Gasteiger partial charge in [-0.1, -0.05) is 6.08 Å². The van der Waals surface area contributed by atoms with Crippen LogP contribution in [-0.4, -0.2) is 30.0 Å². The second kappa shape index (κ2) is 7.18. The summed E-state index contributed by atoms with van der Waals surface area (Å²) < 4.78 is 0. The largest absolute Gasteiger partial charge is 0.354 e. The molecule has 70 valence electrons. The Balaban J connectivity index is 3.19. The third-order valence-electron chi connectivity index (χ3n) is 1.19. The fourth-order valence-corrected chi connectivity index (χ4v) is 1.15. The van der Waals surface area contributed by atoms with Crippen LogP contribution < -0.4 is 11.1 Å². The summed E-state index contributed by atoms with van der Waals surface area (Å²) in [5.74, 6) is 1.74. The molecule has 3 nitrogen and oxygen atoms in total. The third kappa shape index (κ3) is 6.24. The van der Waals surface area contributed by atoms with E-state index in [0.29, 0.717) is 6.54 Å². The molecular weight excluding hydrogens is 172 g/mol. The molecule has 0 aliphatic rings. The lowest BCUT2D eigenvalue weighted by atomic mass is 10.3. The molecule has 12 heavy (non-hydrogen) atoms. The summed E-state index contributed by atoms with van der Waals surface area (Å²) in [5.41, 5.74) is 5.34. The van der Waals surface area contributed by atoms with Crippen LogP contribution in [0.15, 0.2) is 12.7 Å². The van der Waals surface area contributed by atoms with Gasteiger partial charge in [-0.15, -0.1) is 6.58 Å². The summed E-state index contributed by atoms with van der Waals surface area (Å²) in [4.78, 5) is 10.9. The fourth-order valence-electron chi connectivity index (χ4n) is 0.574. The maximum atomic E-state index is 10.9. The minimum absolute atomic E-state index is 0.0887. The minimum atomic E-state index is -0.408. The molecule has 0 aliphatic heterocycles. The Morgan fingerprint density at radius 1 is 1.83 bits per heavy atom. The van der Waals surface area contributed by atoms with Crippen LogP contribution in [0, 0.1) is 0 Å². The van der Waals surface area contributed by atoms with Crippen LogP contribution >= 0.6 is 11.8 Å². The Morgan fingerprint density at radius 2 is 2.50 bits per heavy atom. The van der Waals surface area contributed by atoms with Crippen LogP contribution in [0.2, 0.25) is 0 Å². The lowest BCUT2D eigenvalue weighted by Gasteiger charge is -2.06. The highest BCUT2D eigenvalue weighted by atomic mass is 32.2. The molecule has 4 heteroatoms. The van der Waals surface area contributed by atoms with Gasteiger partial charge in [0, 0.05) is 18.1 Å². The van der Waals surface area contributed by atoms with Crippen molar-refractivity contribution in [3.63, 3.8) is 0 Å². The monoisotopic (exact) mass is 188 g/mol. The molecule has 0 radical (unpaired) electrons. The first-order valence-electron chi connectivity index (χ1n) is 3.90. The maximum absolute atomic E-state index is 10.9. The van der Waals surface area contributed by atoms with E-state index in [0.717, 1.165) is 11.5 Å². The number of nitrogens with two attached hydrogens (primary N) is 1. The van der Waals surface area contributed by atoms with Gasteiger partial charge in [0.1, 0.15) is 0 Å². The molecule has 0 saturated carbocycles. The van der Waals surface area contributed by atoms with Gasteiger partial charge < -0.3 is 11.1 Å². The number of hydrogen-bond donors (Lipinski definition) is 2. The van der Waals surface area contributed by atoms with E-state index in [2.05, 4.69) is 11.9 Å². The van der Waals surface area contributed by atoms with E-state index in [9.17, 15) is 4.79 Å². The molecular formula is C8H16N2OS. The van der Waals surface area contributed by atoms with Crippen molar-refractivity contribution in [2.24, 2.45) is 5.73 Å². The van der Waals surface area contributed by atoms with Gasteiger partial charge in [0.05, 0.1) is 6.04 Å². The highest BCUT2D eigenvalue weighted by Crippen LogP contribution is 1.96. The van der Waals surface area contributed by atoms with Crippen LogP contribution in [0.4, 0.5) is 0 Å². The summed E-state index contributed by atoms with van der Waals surface area (Å²) in [6, 6.07) is -0.408. The lowest BCUT2D eigenvalue weighted by Crippen LogP contribution is -2.39. The van der Waals surface area contributed by atoms with Crippen molar-refractivity contribution in [3.8, 4) is 0 Å². The second-order valence-electron chi connectivity index (χ2n) is 2.44. The normalized spacial score (nSPS) is 12.2. The number of rotatable bonds is 6. The summed E-state index contributed by atoms with van der Waals surface area (Å²) in [6.07, 6.45) is 1.85. The van der Waals surface area contributed by atoms with Gasteiger partial charge >= 0.3 is 0 Å². The summed E-state index contributed by atoms with van der Waals surface area (Å²) >= 11 is 1.73. The molecule has 0 fully saturated rings. The molecule has 0 aromatic carbocycles. The molecule has 0 aromatic heterocycles. The van der Waals surface area contributed by atoms with Crippen molar-refractivity contribution in [2.45, 2.75) is 13.0 Å². The number of amides is 1. The van der Waals surface area contributed by atoms with E-state index in [1.165, 1.54) is 0 Å². The first-order valence-corrected chi connectivity index (χ1v) is 5.06. The Labute approximate surface area is 77.8 Å². The smallest absolute Gasteiger partial charge is 0.236 e. The molecule has 0 unspecified atom stereocenters. The van der Waals surface area contributed by atoms with E-state index < -0.39 is 6.04 Å². The third-order valence-corrected chi connectivity index (χ3v) is 2.16. The van der Waals surface area contributed by atoms with E-state index >= 15 is 0 Å². The Morgan fingerprint density at radius 3 is 3.00 bits per heavy atom. The van der Waals surface area contributed by atoms with E-state index in [1.54, 1.807) is 18.7 Å². The average molecular weight is 188 g/mol. The Bertz CT molecular complexity index is 148. The fraction of sp³-hybridized carbons (Fsp3) is 0.625. The van der Waals surface area contributed by atoms with Crippen molar-refractivity contribution in [3.05, 3.63) is 12.7 Å². The zero-order chi connectivity index (χ0) is 9.40. The van der Waals surface area contributed by atoms with Gasteiger partial charge in [0.25, 0.3) is 0 Å². The van der Waals surface area contributed by atoms with Crippen LogP contribution in [0.5, 0.6) is 0 Å². The standard InChI is InChI=1S/C8H16N2OS/c1-3-5-12-6-4-10-8(11)7(2)9/h3,7H,1,4-6,9H2,2H3,(H,10,11)/t7-/m0/s1. The summed E-state index contributed by atoms with van der Waals surface area (Å²) in [5, 5.41) is 2.72. The molecule has 0 bridgehead atoms. The van der Waals surface area contributed by atoms with Crippen molar-refractivity contribution in [1.29, 1.82) is 0 Å². The van der Waals surface area contributed by atoms with E-state index in [1.807, 2.05) is 6.08 Å². The molecule has 0 heterocycles. The average Bonchev–Trinajstić information content (AvgIpc) is 2.03. The van der Waals surface area contributed by atoms with E-state index in [-0.39, 0.29) is 5.91 Å². The Kier molecular flexibility index (Phi) is 6.90. The summed E-state index contributed by atoms with van der Waals surface area (Å²) in [7, 11) is 0. The second-order valence-corrected chi connectivity index (χ2v) is 3.59. The van der Waals surface area contributed by atoms with Crippen molar-refractivity contribution in [1.82, 2.24) is 5.32 Å². The minimum Gasteiger partial charge on any atom is -0.354 e. The Hall–Kier alpha value is -0.480. The molecule has 0 saturated heterocycles. The van der Waals surface area contributed by atoms with E-state index in [4.69, 9.17) is 5.73 Å². The first kappa shape index (κ1) is 11.5. The number of carbonyl (C=O) groups excluding carboxylic acids is 1. The SMILES string of the molecule is C=CCSCCNC(=O)[C@H](C)N. The molecule has 3 N–H and O–H groups in total. The van der Waals surface area contributed by atoms with Crippen LogP contribution in [0.25, 0.3) is 0 Å². The van der Waals surface area contributed by atoms with Gasteiger partial charge in [-0.05, 0) is 6.92 Å². The van der Waals surface area contributed by atoms with Gasteiger partial charge in [-0.25, -0.2) is 0 Å². The van der Waals surface area contributed by atoms with Crippen molar-refractivity contribution >= 4 is 17.7 Å². The maximum Gasteiger partial charge on any atom is 0.236 e. The zero-order valence-corrected chi connectivity index (χ0v) is 8.19. The molecule has 0 spiro atoms. The van der Waals surface area contributed by atoms with Crippen molar-refractivity contribution in [2.75, 3.05) is 18.1 Å². The lowest BCUT2D eigenvalue weighted by molar-refractivity contribution is -0.121.